The number of nitrogens with zero attached hydrogens (tertiary/aromatic N) is 3. The van der Waals surface area contributed by atoms with Crippen molar-refractivity contribution in [3.63, 3.8) is 0 Å². The molecule has 0 saturated heterocycles. The Hall–Kier alpha value is -4.22. The molecule has 4 unspecified atom stereocenters. The van der Waals surface area contributed by atoms with Gasteiger partial charge in [-0.15, -0.1) is 0 Å². The van der Waals surface area contributed by atoms with Gasteiger partial charge in [0.15, 0.2) is 0 Å². The number of anilines is 7. The molecule has 0 radical (unpaired) electrons. The van der Waals surface area contributed by atoms with Crippen LogP contribution in [0, 0.1) is 0 Å². The normalized spacial score (nSPS) is 26.4. The minimum absolute atomic E-state index is 0.00751. The first-order valence-electron chi connectivity index (χ1n) is 25.9. The van der Waals surface area contributed by atoms with Crippen LogP contribution in [0.4, 0.5) is 39.8 Å². The fourth-order valence-electron chi connectivity index (χ4n) is 14.4. The summed E-state index contributed by atoms with van der Waals surface area (Å²) < 4.78 is 0. The third-order valence-corrected chi connectivity index (χ3v) is 21.0. The molecule has 4 atom stereocenters. The van der Waals surface area contributed by atoms with E-state index in [2.05, 4.69) is 209 Å². The smallest absolute Gasteiger partial charge is 0.252 e. The molecule has 4 aliphatic heterocycles. The monoisotopic (exact) mass is 892 g/mol. The Bertz CT molecular complexity index is 2850. The fraction of sp³-hybridized carbons (Fsp3) is 0.508. The Morgan fingerprint density at radius 3 is 1.61 bits per heavy atom. The molecule has 4 heterocycles. The summed E-state index contributed by atoms with van der Waals surface area (Å²) in [5.74, 6) is 0. The maximum absolute atomic E-state index is 2.97. The molecule has 0 bridgehead atoms. The van der Waals surface area contributed by atoms with Gasteiger partial charge in [-0.3, -0.25) is 0 Å². The van der Waals surface area contributed by atoms with E-state index in [1.165, 1.54) is 124 Å². The van der Waals surface area contributed by atoms with Gasteiger partial charge < -0.3 is 14.7 Å². The quantitative estimate of drug-likeness (QED) is 0.164. The highest BCUT2D eigenvalue weighted by molar-refractivity contribution is 7.00. The van der Waals surface area contributed by atoms with E-state index < -0.39 is 8.07 Å². The predicted octanol–water partition coefficient (Wildman–Crippen LogP) is 14.2. The second-order valence-electron chi connectivity index (χ2n) is 27.0. The molecule has 5 heteroatoms. The van der Waals surface area contributed by atoms with Crippen LogP contribution in [0.5, 0.6) is 0 Å². The molecule has 0 aromatic heterocycles. The molecular weight excluding hydrogens is 814 g/mol. The zero-order valence-corrected chi connectivity index (χ0v) is 44.7. The van der Waals surface area contributed by atoms with E-state index in [9.17, 15) is 0 Å². The van der Waals surface area contributed by atoms with Crippen molar-refractivity contribution in [2.45, 2.75) is 199 Å². The first-order valence-corrected chi connectivity index (χ1v) is 29.4. The van der Waals surface area contributed by atoms with E-state index in [4.69, 9.17) is 0 Å². The van der Waals surface area contributed by atoms with E-state index in [1.54, 1.807) is 16.3 Å². The summed E-state index contributed by atoms with van der Waals surface area (Å²) >= 11 is 0. The van der Waals surface area contributed by atoms with Crippen molar-refractivity contribution in [3.8, 4) is 0 Å². The van der Waals surface area contributed by atoms with Crippen molar-refractivity contribution in [1.82, 2.24) is 0 Å². The van der Waals surface area contributed by atoms with Crippen LogP contribution in [0.3, 0.4) is 0 Å². The van der Waals surface area contributed by atoms with Crippen LogP contribution in [0.2, 0.25) is 19.6 Å². The third kappa shape index (κ3) is 5.86. The molecule has 11 rings (SSSR count). The number of benzene rings is 5. The average Bonchev–Trinajstić information content (AvgIpc) is 3.58. The topological polar surface area (TPSA) is 9.72 Å². The van der Waals surface area contributed by atoms with Gasteiger partial charge in [0.05, 0.1) is 19.2 Å². The highest BCUT2D eigenvalue weighted by Crippen LogP contribution is 2.65. The molecule has 0 N–H and O–H groups in total. The summed E-state index contributed by atoms with van der Waals surface area (Å²) in [6.45, 7) is 39.7. The average molecular weight is 892 g/mol. The standard InChI is InChI=1S/C61H78BN3Si/c1-55(2,3)39-21-24-42(25-22-39)63-50-27-23-40(56(4,5)6)34-47(50)62-48-35-41(57(7,8)9)33-46-54(48)65(61(13)32-20-18-30-59(46,61)11)52-37-43(36-51(63)53(52)62)64-49-28-26-44(66(14,15)16)38-45(49)58(10)29-17-19-31-60(58,64)12/h21-28,33-38H,17-20,29-32H2,1-16H3. The van der Waals surface area contributed by atoms with Gasteiger partial charge >= 0.3 is 0 Å². The summed E-state index contributed by atoms with van der Waals surface area (Å²) in [4.78, 5) is 8.55. The Morgan fingerprint density at radius 1 is 0.470 bits per heavy atom. The van der Waals surface area contributed by atoms with E-state index >= 15 is 0 Å². The van der Waals surface area contributed by atoms with Crippen LogP contribution in [-0.2, 0) is 27.1 Å². The number of fused-ring (bicyclic) bond motifs is 10. The van der Waals surface area contributed by atoms with Crippen molar-refractivity contribution >= 4 is 76.2 Å². The van der Waals surface area contributed by atoms with E-state index in [1.807, 2.05) is 0 Å². The molecular formula is C61H78BN3Si. The number of hydrogen-bond donors (Lipinski definition) is 0. The van der Waals surface area contributed by atoms with Crippen LogP contribution in [0.1, 0.15) is 169 Å². The highest BCUT2D eigenvalue weighted by atomic mass is 28.3. The Morgan fingerprint density at radius 2 is 1.00 bits per heavy atom. The van der Waals surface area contributed by atoms with E-state index in [0.29, 0.717) is 0 Å². The highest BCUT2D eigenvalue weighted by Gasteiger charge is 2.63. The third-order valence-electron chi connectivity index (χ3n) is 19.0. The van der Waals surface area contributed by atoms with Crippen LogP contribution < -0.4 is 36.3 Å². The van der Waals surface area contributed by atoms with Gasteiger partial charge in [-0.2, -0.15) is 0 Å². The molecule has 66 heavy (non-hydrogen) atoms. The van der Waals surface area contributed by atoms with Gasteiger partial charge in [-0.05, 0) is 136 Å². The summed E-state index contributed by atoms with van der Waals surface area (Å²) in [6, 6.07) is 35.7. The molecule has 2 fully saturated rings. The molecule has 2 saturated carbocycles. The molecule has 5 aromatic carbocycles. The summed E-state index contributed by atoms with van der Waals surface area (Å²) in [5, 5.41) is 1.58. The lowest BCUT2D eigenvalue weighted by atomic mass is 9.33. The van der Waals surface area contributed by atoms with Crippen LogP contribution >= 0.6 is 0 Å². The zero-order chi connectivity index (χ0) is 47.1. The van der Waals surface area contributed by atoms with Gasteiger partial charge in [0, 0.05) is 50.6 Å². The van der Waals surface area contributed by atoms with Crippen molar-refractivity contribution < 1.29 is 0 Å². The maximum atomic E-state index is 2.97. The molecule has 6 aliphatic rings. The molecule has 2 aliphatic carbocycles. The lowest BCUT2D eigenvalue weighted by molar-refractivity contribution is 0.194. The Kier molecular flexibility index (Phi) is 9.22. The summed E-state index contributed by atoms with van der Waals surface area (Å²) in [6.07, 6.45) is 9.94. The van der Waals surface area contributed by atoms with Crippen molar-refractivity contribution in [2.24, 2.45) is 0 Å². The zero-order valence-electron chi connectivity index (χ0n) is 43.7. The molecule has 3 nitrogen and oxygen atoms in total. The fourth-order valence-corrected chi connectivity index (χ4v) is 15.5. The van der Waals surface area contributed by atoms with E-state index in [-0.39, 0.29) is 44.9 Å². The van der Waals surface area contributed by atoms with Crippen LogP contribution in [0.15, 0.2) is 84.9 Å². The second kappa shape index (κ2) is 13.7. The maximum Gasteiger partial charge on any atom is 0.252 e. The van der Waals surface area contributed by atoms with Crippen molar-refractivity contribution in [1.29, 1.82) is 0 Å². The van der Waals surface area contributed by atoms with Crippen LogP contribution in [0.25, 0.3) is 0 Å². The predicted molar refractivity (Wildman–Crippen MR) is 290 cm³/mol. The van der Waals surface area contributed by atoms with Gasteiger partial charge in [0.2, 0.25) is 0 Å². The first-order chi connectivity index (χ1) is 30.7. The second-order valence-corrected chi connectivity index (χ2v) is 32.1. The molecule has 344 valence electrons. The number of rotatable bonds is 3. The lowest BCUT2D eigenvalue weighted by Crippen LogP contribution is -2.64. The van der Waals surface area contributed by atoms with Crippen LogP contribution in [-0.4, -0.2) is 25.9 Å². The molecule has 5 aromatic rings. The summed E-state index contributed by atoms with van der Waals surface area (Å²) in [5.41, 5.74) is 21.5. The van der Waals surface area contributed by atoms with E-state index in [0.717, 1.165) is 0 Å². The minimum Gasteiger partial charge on any atom is -0.335 e. The van der Waals surface area contributed by atoms with Gasteiger partial charge in [0.1, 0.15) is 0 Å². The Labute approximate surface area is 400 Å². The van der Waals surface area contributed by atoms with Gasteiger partial charge in [0.25, 0.3) is 6.71 Å². The summed E-state index contributed by atoms with van der Waals surface area (Å²) in [7, 11) is -1.56. The molecule has 0 spiro atoms. The van der Waals surface area contributed by atoms with Gasteiger partial charge in [-0.1, -0.05) is 175 Å². The SMILES string of the molecule is CC(C)(C)c1ccc(N2c3ccc(C(C)(C)C)cc3B3c4cc(C(C)(C)C)cc5c4N(c4cc(N6c7ccc([Si](C)(C)C)cc7C7(C)CCCCC67C)cc2c43)C2(C)CCCCC52C)cc1. The minimum atomic E-state index is -1.56. The first kappa shape index (κ1) is 44.3. The lowest BCUT2D eigenvalue weighted by Gasteiger charge is -2.54. The largest absolute Gasteiger partial charge is 0.335 e. The number of hydrogen-bond acceptors (Lipinski definition) is 3. The Balaban J connectivity index is 1.28. The van der Waals surface area contributed by atoms with Crippen molar-refractivity contribution in [3.05, 3.63) is 113 Å². The van der Waals surface area contributed by atoms with Crippen molar-refractivity contribution in [2.75, 3.05) is 14.7 Å². The van der Waals surface area contributed by atoms with Gasteiger partial charge in [-0.25, -0.2) is 0 Å². The molecule has 0 amide bonds.